The normalized spacial score (nSPS) is 13.6. The molecule has 210 valence electrons. The third-order valence-corrected chi connectivity index (χ3v) is 4.29. The molecule has 0 heterocycles. The van der Waals surface area contributed by atoms with Crippen molar-refractivity contribution in [1.82, 2.24) is 31.9 Å². The number of carbonyl (C=O) groups is 7. The quantitative estimate of drug-likeness (QED) is 0.0821. The molecule has 0 spiro atoms. The molecule has 0 unspecified atom stereocenters. The highest BCUT2D eigenvalue weighted by atomic mass is 16.4. The highest BCUT2D eigenvalue weighted by molar-refractivity contribution is 5.94. The average Bonchev–Trinajstić information content (AvgIpc) is 2.88. The van der Waals surface area contributed by atoms with Crippen LogP contribution in [-0.2, 0) is 33.6 Å². The van der Waals surface area contributed by atoms with E-state index in [0.717, 1.165) is 0 Å². The van der Waals surface area contributed by atoms with Crippen LogP contribution in [0.2, 0.25) is 0 Å². The van der Waals surface area contributed by atoms with Crippen LogP contribution in [0, 0.1) is 0 Å². The predicted octanol–water partition coefficient (Wildman–Crippen LogP) is -8.83. The maximum atomic E-state index is 12.1. The van der Waals surface area contributed by atoms with E-state index in [0.29, 0.717) is 0 Å². The van der Waals surface area contributed by atoms with E-state index in [2.05, 4.69) is 21.3 Å². The van der Waals surface area contributed by atoms with Gasteiger partial charge in [-0.1, -0.05) is 0 Å². The number of nitrogens with one attached hydrogen (secondary N) is 6. The Morgan fingerprint density at radius 3 is 1.16 bits per heavy atom. The molecule has 0 aromatic heterocycles. The van der Waals surface area contributed by atoms with Gasteiger partial charge in [0.2, 0.25) is 35.4 Å². The summed E-state index contributed by atoms with van der Waals surface area (Å²) in [6, 6.07) is -5.95. The summed E-state index contributed by atoms with van der Waals surface area (Å²) in [5, 5.41) is 57.2. The zero-order valence-corrected chi connectivity index (χ0v) is 19.4. The molecular formula is C18H31N7O12. The van der Waals surface area contributed by atoms with Crippen molar-refractivity contribution in [2.24, 2.45) is 5.73 Å². The lowest BCUT2D eigenvalue weighted by atomic mass is 10.2. The van der Waals surface area contributed by atoms with E-state index in [4.69, 9.17) is 21.1 Å². The Labute approximate surface area is 209 Å². The molecule has 37 heavy (non-hydrogen) atoms. The van der Waals surface area contributed by atoms with Gasteiger partial charge in [0.25, 0.3) is 0 Å². The lowest BCUT2D eigenvalue weighted by Crippen LogP contribution is -2.55. The molecule has 0 aromatic rings. The monoisotopic (exact) mass is 537 g/mol. The molecule has 13 N–H and O–H groups in total. The zero-order valence-electron chi connectivity index (χ0n) is 19.4. The first kappa shape index (κ1) is 33.1. The van der Waals surface area contributed by atoms with Gasteiger partial charge in [0.05, 0.1) is 46.1 Å². The van der Waals surface area contributed by atoms with Crippen molar-refractivity contribution in [1.29, 1.82) is 0 Å². The fourth-order valence-electron chi connectivity index (χ4n) is 2.27. The fourth-order valence-corrected chi connectivity index (χ4v) is 2.27. The van der Waals surface area contributed by atoms with Crippen molar-refractivity contribution in [2.45, 2.75) is 24.2 Å². The minimum atomic E-state index is -1.60. The number of aliphatic hydroxyl groups excluding tert-OH is 4. The number of nitrogens with two attached hydrogens (primary N) is 1. The Kier molecular flexibility index (Phi) is 15.7. The Balaban J connectivity index is 4.60. The third kappa shape index (κ3) is 13.1. The second-order valence-corrected chi connectivity index (χ2v) is 7.19. The summed E-state index contributed by atoms with van der Waals surface area (Å²) in [7, 11) is 0. The first-order valence-electron chi connectivity index (χ1n) is 10.5. The maximum absolute atomic E-state index is 12.1. The first-order chi connectivity index (χ1) is 17.4. The molecule has 4 atom stereocenters. The van der Waals surface area contributed by atoms with Gasteiger partial charge in [0.1, 0.15) is 24.2 Å². The first-order valence-corrected chi connectivity index (χ1v) is 10.5. The lowest BCUT2D eigenvalue weighted by molar-refractivity contribution is -0.142. The fraction of sp³-hybridized carbons (Fsp3) is 0.611. The molecule has 19 heteroatoms. The molecule has 0 aliphatic rings. The van der Waals surface area contributed by atoms with Crippen molar-refractivity contribution in [3.8, 4) is 0 Å². The van der Waals surface area contributed by atoms with Crippen LogP contribution in [0.1, 0.15) is 0 Å². The van der Waals surface area contributed by atoms with Crippen molar-refractivity contribution in [3.05, 3.63) is 0 Å². The Morgan fingerprint density at radius 1 is 0.541 bits per heavy atom. The van der Waals surface area contributed by atoms with Crippen LogP contribution in [0.25, 0.3) is 0 Å². The highest BCUT2D eigenvalue weighted by Crippen LogP contribution is 1.88. The Bertz CT molecular complexity index is 840. The van der Waals surface area contributed by atoms with Gasteiger partial charge < -0.3 is 63.2 Å². The molecule has 0 bridgehead atoms. The van der Waals surface area contributed by atoms with Crippen LogP contribution < -0.4 is 37.6 Å². The summed E-state index contributed by atoms with van der Waals surface area (Å²) in [6.45, 7) is -5.48. The summed E-state index contributed by atoms with van der Waals surface area (Å²) in [5.41, 5.74) is 5.25. The topological polar surface area (TPSA) is 319 Å². The molecule has 0 aromatic carbocycles. The summed E-state index contributed by atoms with van der Waals surface area (Å²) in [5.74, 6) is -7.24. The summed E-state index contributed by atoms with van der Waals surface area (Å²) < 4.78 is 0. The second-order valence-electron chi connectivity index (χ2n) is 7.19. The van der Waals surface area contributed by atoms with E-state index in [1.54, 1.807) is 0 Å². The number of hydrogen-bond donors (Lipinski definition) is 12. The van der Waals surface area contributed by atoms with Crippen molar-refractivity contribution < 1.29 is 59.1 Å². The summed E-state index contributed by atoms with van der Waals surface area (Å²) in [4.78, 5) is 81.7. The van der Waals surface area contributed by atoms with Gasteiger partial charge in [-0.3, -0.25) is 28.8 Å². The molecule has 0 saturated carbocycles. The van der Waals surface area contributed by atoms with Crippen molar-refractivity contribution >= 4 is 41.4 Å². The number of carbonyl (C=O) groups excluding carboxylic acids is 6. The van der Waals surface area contributed by atoms with Gasteiger partial charge in [-0.2, -0.15) is 0 Å². The van der Waals surface area contributed by atoms with E-state index in [-0.39, 0.29) is 0 Å². The number of rotatable bonds is 17. The number of amides is 6. The zero-order chi connectivity index (χ0) is 28.5. The van der Waals surface area contributed by atoms with E-state index >= 15 is 0 Å². The summed E-state index contributed by atoms with van der Waals surface area (Å²) >= 11 is 0. The molecule has 0 radical (unpaired) electrons. The van der Waals surface area contributed by atoms with Crippen molar-refractivity contribution in [3.63, 3.8) is 0 Å². The number of carboxylic acids is 1. The van der Waals surface area contributed by atoms with E-state index < -0.39 is 112 Å². The van der Waals surface area contributed by atoms with Crippen LogP contribution in [-0.4, -0.2) is 137 Å². The van der Waals surface area contributed by atoms with Gasteiger partial charge in [0, 0.05) is 0 Å². The van der Waals surface area contributed by atoms with Gasteiger partial charge in [-0.05, 0) is 0 Å². The number of hydrogen-bond acceptors (Lipinski definition) is 12. The molecule has 0 fully saturated rings. The molecule has 19 nitrogen and oxygen atoms in total. The number of aliphatic hydroxyl groups is 4. The average molecular weight is 537 g/mol. The van der Waals surface area contributed by atoms with E-state index in [1.807, 2.05) is 10.6 Å². The maximum Gasteiger partial charge on any atom is 0.328 e. The SMILES string of the molecule is N[C@@H](CO)C(=O)NCC(=O)N[C@@H](CO)C(=O)NCC(=O)N[C@@H](CO)C(=O)NCC(=O)N[C@@H](CO)C(=O)O. The standard InChI is InChI=1S/C18H31N7O12/c19-8(4-26)15(33)20-1-12(30)23-9(5-27)16(34)21-2-13(31)24-10(6-28)17(35)22-3-14(32)25-11(7-29)18(36)37/h8-11,26-29H,1-7,19H2,(H,20,33)(H,21,34)(H,22,35)(H,23,30)(H,24,31)(H,25,32)(H,36,37)/t8-,9-,10-,11-/m0/s1. The molecule has 0 aliphatic heterocycles. The smallest absolute Gasteiger partial charge is 0.328 e. The largest absolute Gasteiger partial charge is 0.480 e. The van der Waals surface area contributed by atoms with E-state index in [1.165, 1.54) is 0 Å². The van der Waals surface area contributed by atoms with Gasteiger partial charge >= 0.3 is 5.97 Å². The number of aliphatic carboxylic acids is 1. The van der Waals surface area contributed by atoms with Crippen LogP contribution in [0.3, 0.4) is 0 Å². The summed E-state index contributed by atoms with van der Waals surface area (Å²) in [6.07, 6.45) is 0. The van der Waals surface area contributed by atoms with Gasteiger partial charge in [-0.25, -0.2) is 4.79 Å². The molecule has 6 amide bonds. The lowest BCUT2D eigenvalue weighted by Gasteiger charge is -2.19. The van der Waals surface area contributed by atoms with E-state index in [9.17, 15) is 43.8 Å². The van der Waals surface area contributed by atoms with Crippen molar-refractivity contribution in [2.75, 3.05) is 46.1 Å². The molecule has 0 saturated heterocycles. The highest BCUT2D eigenvalue weighted by Gasteiger charge is 2.24. The van der Waals surface area contributed by atoms with Gasteiger partial charge in [0.15, 0.2) is 0 Å². The second kappa shape index (κ2) is 17.5. The minimum Gasteiger partial charge on any atom is -0.480 e. The van der Waals surface area contributed by atoms with Crippen LogP contribution in [0.4, 0.5) is 0 Å². The predicted molar refractivity (Wildman–Crippen MR) is 119 cm³/mol. The molecular weight excluding hydrogens is 506 g/mol. The minimum absolute atomic E-state index is 0.626. The van der Waals surface area contributed by atoms with Crippen LogP contribution >= 0.6 is 0 Å². The number of carboxylic acid groups (broad SMARTS) is 1. The molecule has 0 aliphatic carbocycles. The third-order valence-electron chi connectivity index (χ3n) is 4.29. The van der Waals surface area contributed by atoms with Crippen LogP contribution in [0.5, 0.6) is 0 Å². The van der Waals surface area contributed by atoms with Crippen LogP contribution in [0.15, 0.2) is 0 Å². The Hall–Kier alpha value is -3.91. The molecule has 0 rings (SSSR count). The van der Waals surface area contributed by atoms with Gasteiger partial charge in [-0.15, -0.1) is 0 Å². The Morgan fingerprint density at radius 2 is 0.865 bits per heavy atom.